The number of hydrogen-bond acceptors (Lipinski definition) is 5. The van der Waals surface area contributed by atoms with Gasteiger partial charge in [0.05, 0.1) is 10.2 Å². The zero-order valence-electron chi connectivity index (χ0n) is 11.9. The first-order valence-corrected chi connectivity index (χ1v) is 7.53. The van der Waals surface area contributed by atoms with E-state index in [2.05, 4.69) is 10.3 Å². The minimum atomic E-state index is -0.497. The largest absolute Gasteiger partial charge is 0.486 e. The number of benzene rings is 2. The first kappa shape index (κ1) is 14.3. The van der Waals surface area contributed by atoms with Crippen molar-refractivity contribution in [3.8, 4) is 11.5 Å². The van der Waals surface area contributed by atoms with Crippen molar-refractivity contribution in [3.63, 3.8) is 0 Å². The summed E-state index contributed by atoms with van der Waals surface area (Å²) in [5.74, 6) is 1.16. The minimum Gasteiger partial charge on any atom is -0.486 e. The molecule has 0 saturated heterocycles. The molecule has 1 aromatic heterocycles. The highest BCUT2D eigenvalue weighted by Gasteiger charge is 2.05. The maximum Gasteiger partial charge on any atom is 0.412 e. The van der Waals surface area contributed by atoms with Gasteiger partial charge in [0, 0.05) is 7.05 Å². The number of para-hydroxylation sites is 1. The Morgan fingerprint density at radius 3 is 2.59 bits per heavy atom. The molecule has 2 aromatic carbocycles. The summed E-state index contributed by atoms with van der Waals surface area (Å²) in [5.41, 5.74) is 0.987. The van der Waals surface area contributed by atoms with Gasteiger partial charge >= 0.3 is 6.09 Å². The molecular formula is C16H14N2O3S. The molecule has 0 spiro atoms. The number of amides is 1. The molecule has 3 aromatic rings. The van der Waals surface area contributed by atoms with Gasteiger partial charge in [-0.2, -0.15) is 0 Å². The Kier molecular flexibility index (Phi) is 4.20. The highest BCUT2D eigenvalue weighted by molar-refractivity contribution is 7.18. The summed E-state index contributed by atoms with van der Waals surface area (Å²) >= 11 is 1.62. The number of rotatable bonds is 4. The van der Waals surface area contributed by atoms with Crippen LogP contribution < -0.4 is 14.8 Å². The number of nitrogens with one attached hydrogen (secondary N) is 1. The lowest BCUT2D eigenvalue weighted by Crippen LogP contribution is -2.21. The summed E-state index contributed by atoms with van der Waals surface area (Å²) in [4.78, 5) is 15.6. The Bertz CT molecular complexity index is 750. The number of thiazole rings is 1. The second-order valence-corrected chi connectivity index (χ2v) is 5.59. The lowest BCUT2D eigenvalue weighted by atomic mass is 10.3. The average Bonchev–Trinajstić information content (AvgIpc) is 2.97. The van der Waals surface area contributed by atoms with Crippen molar-refractivity contribution in [2.75, 3.05) is 7.05 Å². The van der Waals surface area contributed by atoms with Crippen molar-refractivity contribution in [1.82, 2.24) is 10.3 Å². The maximum atomic E-state index is 11.1. The van der Waals surface area contributed by atoms with Crippen molar-refractivity contribution in [3.05, 3.63) is 53.5 Å². The molecule has 0 unspecified atom stereocenters. The van der Waals surface area contributed by atoms with Crippen LogP contribution in [0.1, 0.15) is 5.01 Å². The van der Waals surface area contributed by atoms with Crippen LogP contribution in [0.2, 0.25) is 0 Å². The lowest BCUT2D eigenvalue weighted by Gasteiger charge is -2.06. The van der Waals surface area contributed by atoms with Crippen molar-refractivity contribution >= 4 is 27.6 Å². The monoisotopic (exact) mass is 314 g/mol. The number of aromatic nitrogens is 1. The van der Waals surface area contributed by atoms with Gasteiger partial charge in [0.15, 0.2) is 0 Å². The molecule has 0 atom stereocenters. The van der Waals surface area contributed by atoms with E-state index in [1.165, 1.54) is 7.05 Å². The van der Waals surface area contributed by atoms with Crippen LogP contribution in [0.5, 0.6) is 11.5 Å². The molecule has 22 heavy (non-hydrogen) atoms. The van der Waals surface area contributed by atoms with Gasteiger partial charge in [-0.05, 0) is 36.4 Å². The van der Waals surface area contributed by atoms with Crippen molar-refractivity contribution in [2.24, 2.45) is 0 Å². The summed E-state index contributed by atoms with van der Waals surface area (Å²) < 4.78 is 11.9. The first-order chi connectivity index (χ1) is 10.7. The zero-order chi connectivity index (χ0) is 15.4. The third-order valence-corrected chi connectivity index (χ3v) is 3.95. The summed E-state index contributed by atoms with van der Waals surface area (Å²) in [7, 11) is 1.51. The summed E-state index contributed by atoms with van der Waals surface area (Å²) in [6, 6.07) is 14.9. The molecule has 3 rings (SSSR count). The standard InChI is InChI=1S/C16H14N2O3S/c1-17-16(19)21-12-8-6-11(7-9-12)20-10-15-18-13-4-2-3-5-14(13)22-15/h2-9H,10H2,1H3,(H,17,19). The molecule has 5 nitrogen and oxygen atoms in total. The molecule has 0 saturated carbocycles. The smallest absolute Gasteiger partial charge is 0.412 e. The van der Waals surface area contributed by atoms with Crippen LogP contribution in [0.4, 0.5) is 4.79 Å². The Balaban J connectivity index is 1.62. The predicted molar refractivity (Wildman–Crippen MR) is 85.5 cm³/mol. The van der Waals surface area contributed by atoms with Crippen molar-refractivity contribution < 1.29 is 14.3 Å². The quantitative estimate of drug-likeness (QED) is 0.799. The van der Waals surface area contributed by atoms with Gasteiger partial charge in [-0.1, -0.05) is 12.1 Å². The molecule has 112 valence electrons. The normalized spacial score (nSPS) is 10.4. The van der Waals surface area contributed by atoms with E-state index >= 15 is 0 Å². The summed E-state index contributed by atoms with van der Waals surface area (Å²) in [6.07, 6.45) is -0.497. The fourth-order valence-corrected chi connectivity index (χ4v) is 2.77. The Morgan fingerprint density at radius 2 is 1.86 bits per heavy atom. The van der Waals surface area contributed by atoms with Gasteiger partial charge < -0.3 is 14.8 Å². The number of nitrogens with zero attached hydrogens (tertiary/aromatic N) is 1. The van der Waals surface area contributed by atoms with E-state index in [-0.39, 0.29) is 0 Å². The van der Waals surface area contributed by atoms with Gasteiger partial charge in [0.1, 0.15) is 23.1 Å². The fourth-order valence-electron chi connectivity index (χ4n) is 1.89. The van der Waals surface area contributed by atoms with Crippen molar-refractivity contribution in [2.45, 2.75) is 6.61 Å². The zero-order valence-corrected chi connectivity index (χ0v) is 12.7. The number of carbonyl (C=O) groups excluding carboxylic acids is 1. The molecule has 0 fully saturated rings. The Labute approximate surface area is 131 Å². The van der Waals surface area contributed by atoms with Crippen LogP contribution in [0.25, 0.3) is 10.2 Å². The number of carbonyl (C=O) groups is 1. The third-order valence-electron chi connectivity index (χ3n) is 2.94. The van der Waals surface area contributed by atoms with Gasteiger partial charge in [0.2, 0.25) is 0 Å². The van der Waals surface area contributed by atoms with Crippen LogP contribution in [0.3, 0.4) is 0 Å². The number of ether oxygens (including phenoxy) is 2. The highest BCUT2D eigenvalue weighted by Crippen LogP contribution is 2.23. The van der Waals surface area contributed by atoms with Crippen LogP contribution >= 0.6 is 11.3 Å². The molecule has 1 N–H and O–H groups in total. The molecule has 1 heterocycles. The topological polar surface area (TPSA) is 60.5 Å². The first-order valence-electron chi connectivity index (χ1n) is 6.71. The highest BCUT2D eigenvalue weighted by atomic mass is 32.1. The second kappa shape index (κ2) is 6.44. The molecule has 1 amide bonds. The van der Waals surface area contributed by atoms with E-state index in [0.29, 0.717) is 18.1 Å². The van der Waals surface area contributed by atoms with E-state index in [9.17, 15) is 4.79 Å². The van der Waals surface area contributed by atoms with Crippen LogP contribution in [0.15, 0.2) is 48.5 Å². The molecule has 0 aliphatic rings. The van der Waals surface area contributed by atoms with E-state index < -0.39 is 6.09 Å². The molecule has 0 radical (unpaired) electrons. The van der Waals surface area contributed by atoms with Gasteiger partial charge in [0.25, 0.3) is 0 Å². The molecule has 0 bridgehead atoms. The second-order valence-electron chi connectivity index (χ2n) is 4.47. The van der Waals surface area contributed by atoms with E-state index in [1.54, 1.807) is 35.6 Å². The molecular weight excluding hydrogens is 300 g/mol. The van der Waals surface area contributed by atoms with Gasteiger partial charge in [-0.25, -0.2) is 9.78 Å². The van der Waals surface area contributed by atoms with Gasteiger partial charge in [-0.3, -0.25) is 0 Å². The maximum absolute atomic E-state index is 11.1. The van der Waals surface area contributed by atoms with E-state index in [0.717, 1.165) is 15.2 Å². The van der Waals surface area contributed by atoms with Gasteiger partial charge in [-0.15, -0.1) is 11.3 Å². The third kappa shape index (κ3) is 3.35. The Morgan fingerprint density at radius 1 is 1.14 bits per heavy atom. The minimum absolute atomic E-state index is 0.412. The van der Waals surface area contributed by atoms with E-state index in [4.69, 9.17) is 9.47 Å². The molecule has 0 aliphatic carbocycles. The SMILES string of the molecule is CNC(=O)Oc1ccc(OCc2nc3ccccc3s2)cc1. The average molecular weight is 314 g/mol. The van der Waals surface area contributed by atoms with Crippen molar-refractivity contribution in [1.29, 1.82) is 0 Å². The number of hydrogen-bond donors (Lipinski definition) is 1. The summed E-state index contributed by atoms with van der Waals surface area (Å²) in [5, 5.41) is 3.31. The van der Waals surface area contributed by atoms with Crippen LogP contribution in [0, 0.1) is 0 Å². The van der Waals surface area contributed by atoms with E-state index in [1.807, 2.05) is 24.3 Å². The Hall–Kier alpha value is -2.60. The summed E-state index contributed by atoms with van der Waals surface area (Å²) in [6.45, 7) is 0.412. The lowest BCUT2D eigenvalue weighted by molar-refractivity contribution is 0.203. The van der Waals surface area contributed by atoms with Crippen LogP contribution in [-0.4, -0.2) is 18.1 Å². The predicted octanol–water partition coefficient (Wildman–Crippen LogP) is 3.59. The number of fused-ring (bicyclic) bond motifs is 1. The van der Waals surface area contributed by atoms with Crippen LogP contribution in [-0.2, 0) is 6.61 Å². The molecule has 6 heteroatoms. The molecule has 0 aliphatic heterocycles. The fraction of sp³-hybridized carbons (Fsp3) is 0.125.